The van der Waals surface area contributed by atoms with Crippen molar-refractivity contribution in [2.45, 2.75) is 33.1 Å². The van der Waals surface area contributed by atoms with Crippen LogP contribution in [0.2, 0.25) is 0 Å². The molecule has 2 saturated heterocycles. The molecule has 30 heavy (non-hydrogen) atoms. The lowest BCUT2D eigenvalue weighted by atomic mass is 9.87. The summed E-state index contributed by atoms with van der Waals surface area (Å²) < 4.78 is 0. The van der Waals surface area contributed by atoms with Gasteiger partial charge in [-0.05, 0) is 36.2 Å². The Balaban J connectivity index is 1.28. The zero-order valence-electron chi connectivity index (χ0n) is 17.8. The van der Waals surface area contributed by atoms with Crippen LogP contribution in [0.4, 0.5) is 11.5 Å². The van der Waals surface area contributed by atoms with Gasteiger partial charge in [-0.1, -0.05) is 32.9 Å². The van der Waals surface area contributed by atoms with Crippen molar-refractivity contribution in [1.82, 2.24) is 15.1 Å². The number of carbonyl (C=O) groups is 2. The van der Waals surface area contributed by atoms with E-state index < -0.39 is 0 Å². The molecule has 7 heteroatoms. The first-order valence-electron chi connectivity index (χ1n) is 10.5. The number of aromatic nitrogens is 2. The molecule has 2 amide bonds. The summed E-state index contributed by atoms with van der Waals surface area (Å²) in [7, 11) is 0. The quantitative estimate of drug-likeness (QED) is 0.843. The molecule has 0 bridgehead atoms. The highest BCUT2D eigenvalue weighted by molar-refractivity contribution is 5.93. The summed E-state index contributed by atoms with van der Waals surface area (Å²) in [5, 5.41) is 11.1. The minimum absolute atomic E-state index is 0.0414. The highest BCUT2D eigenvalue weighted by atomic mass is 16.2. The van der Waals surface area contributed by atoms with E-state index in [0.29, 0.717) is 12.5 Å². The lowest BCUT2D eigenvalue weighted by Gasteiger charge is -2.42. The highest BCUT2D eigenvalue weighted by Crippen LogP contribution is 2.31. The molecule has 0 spiro atoms. The minimum atomic E-state index is -0.331. The summed E-state index contributed by atoms with van der Waals surface area (Å²) in [6, 6.07) is 11.8. The number of nitrogens with zero attached hydrogens (tertiary/aromatic N) is 4. The third kappa shape index (κ3) is 4.30. The average molecular weight is 408 g/mol. The van der Waals surface area contributed by atoms with Crippen LogP contribution in [-0.4, -0.2) is 53.1 Å². The van der Waals surface area contributed by atoms with Gasteiger partial charge in [0.05, 0.1) is 5.92 Å². The maximum absolute atomic E-state index is 12.7. The summed E-state index contributed by atoms with van der Waals surface area (Å²) in [4.78, 5) is 29.0. The van der Waals surface area contributed by atoms with E-state index in [1.807, 2.05) is 49.9 Å². The van der Waals surface area contributed by atoms with E-state index in [2.05, 4.69) is 32.5 Å². The van der Waals surface area contributed by atoms with Gasteiger partial charge >= 0.3 is 0 Å². The van der Waals surface area contributed by atoms with Crippen LogP contribution < -0.4 is 10.2 Å². The van der Waals surface area contributed by atoms with Crippen molar-refractivity contribution in [2.75, 3.05) is 36.4 Å². The fourth-order valence-electron chi connectivity index (χ4n) is 4.06. The Hall–Kier alpha value is -2.96. The minimum Gasteiger partial charge on any atom is -0.354 e. The Labute approximate surface area is 177 Å². The number of hydrogen-bond acceptors (Lipinski definition) is 5. The molecular weight excluding hydrogens is 378 g/mol. The number of anilines is 2. The number of hydrogen-bond donors (Lipinski definition) is 1. The van der Waals surface area contributed by atoms with Gasteiger partial charge in [-0.2, -0.15) is 5.10 Å². The van der Waals surface area contributed by atoms with Crippen LogP contribution in [0.25, 0.3) is 0 Å². The second-order valence-electron chi connectivity index (χ2n) is 9.28. The number of amides is 2. The van der Waals surface area contributed by atoms with Crippen molar-refractivity contribution in [3.8, 4) is 0 Å². The molecule has 1 unspecified atom stereocenters. The number of likely N-dealkylation sites (tertiary alicyclic amines) is 1. The Kier molecular flexibility index (Phi) is 5.45. The molecular formula is C23H29N5O2. The van der Waals surface area contributed by atoms with Crippen molar-refractivity contribution in [3.63, 3.8) is 0 Å². The molecule has 2 fully saturated rings. The third-order valence-corrected chi connectivity index (χ3v) is 5.90. The fraction of sp³-hybridized carbons (Fsp3) is 0.478. The normalized spacial score (nSPS) is 19.5. The molecule has 7 nitrogen and oxygen atoms in total. The van der Waals surface area contributed by atoms with Crippen LogP contribution >= 0.6 is 0 Å². The molecule has 1 N–H and O–H groups in total. The summed E-state index contributed by atoms with van der Waals surface area (Å²) >= 11 is 0. The van der Waals surface area contributed by atoms with Gasteiger partial charge in [0.1, 0.15) is 0 Å². The van der Waals surface area contributed by atoms with Crippen LogP contribution in [0.15, 0.2) is 42.6 Å². The van der Waals surface area contributed by atoms with Gasteiger partial charge in [0.2, 0.25) is 11.8 Å². The van der Waals surface area contributed by atoms with Gasteiger partial charge < -0.3 is 15.1 Å². The van der Waals surface area contributed by atoms with Gasteiger partial charge in [0.15, 0.2) is 5.82 Å². The van der Waals surface area contributed by atoms with Crippen LogP contribution in [0.3, 0.4) is 0 Å². The molecule has 0 aliphatic carbocycles. The second kappa shape index (κ2) is 8.05. The molecule has 1 aromatic carbocycles. The monoisotopic (exact) mass is 407 g/mol. The molecule has 2 aromatic rings. The van der Waals surface area contributed by atoms with Gasteiger partial charge in [-0.15, -0.1) is 5.10 Å². The first-order chi connectivity index (χ1) is 14.3. The Morgan fingerprint density at radius 3 is 2.43 bits per heavy atom. The lowest BCUT2D eigenvalue weighted by molar-refractivity contribution is -0.144. The first kappa shape index (κ1) is 20.3. The molecule has 0 radical (unpaired) electrons. The predicted octanol–water partition coefficient (Wildman–Crippen LogP) is 2.91. The predicted molar refractivity (Wildman–Crippen MR) is 116 cm³/mol. The first-order valence-corrected chi connectivity index (χ1v) is 10.5. The molecule has 2 aliphatic rings. The van der Waals surface area contributed by atoms with Gasteiger partial charge in [-0.25, -0.2) is 0 Å². The summed E-state index contributed by atoms with van der Waals surface area (Å²) in [5.41, 5.74) is 1.69. The molecule has 2 aliphatic heterocycles. The number of benzene rings is 1. The maximum Gasteiger partial charge on any atom is 0.229 e. The van der Waals surface area contributed by atoms with Crippen LogP contribution in [0.1, 0.15) is 38.7 Å². The Morgan fingerprint density at radius 1 is 1.07 bits per heavy atom. The van der Waals surface area contributed by atoms with Gasteiger partial charge in [0, 0.05) is 49.4 Å². The van der Waals surface area contributed by atoms with Gasteiger partial charge in [0.25, 0.3) is 0 Å². The molecule has 158 valence electrons. The van der Waals surface area contributed by atoms with E-state index in [0.717, 1.165) is 37.6 Å². The Bertz CT molecular complexity index is 901. The van der Waals surface area contributed by atoms with Crippen molar-refractivity contribution < 1.29 is 9.59 Å². The largest absolute Gasteiger partial charge is 0.354 e. The van der Waals surface area contributed by atoms with Crippen molar-refractivity contribution in [3.05, 3.63) is 48.2 Å². The summed E-state index contributed by atoms with van der Waals surface area (Å²) in [6.45, 7) is 8.86. The second-order valence-corrected chi connectivity index (χ2v) is 9.28. The lowest BCUT2D eigenvalue weighted by Crippen LogP contribution is -2.52. The van der Waals surface area contributed by atoms with Crippen molar-refractivity contribution >= 4 is 23.3 Å². The molecule has 1 aromatic heterocycles. The highest BCUT2D eigenvalue weighted by Gasteiger charge is 2.36. The number of rotatable bonds is 4. The van der Waals surface area contributed by atoms with Crippen LogP contribution in [0.5, 0.6) is 0 Å². The van der Waals surface area contributed by atoms with E-state index in [1.165, 1.54) is 5.56 Å². The number of nitrogens with one attached hydrogen (secondary N) is 1. The standard InChI is InChI=1S/C23H29N5O2/c1-23(2,3)22(30)28-14-18(15-28)16-6-8-19(9-7-16)25-21(29)17-10-12-27(13-17)20-5-4-11-24-26-20/h4-9,11,17-18H,10,12-15H2,1-3H3,(H,25,29). The Morgan fingerprint density at radius 2 is 1.80 bits per heavy atom. The topological polar surface area (TPSA) is 78.4 Å². The summed E-state index contributed by atoms with van der Waals surface area (Å²) in [6.07, 6.45) is 2.46. The molecule has 0 saturated carbocycles. The fourth-order valence-corrected chi connectivity index (χ4v) is 4.06. The van der Waals surface area contributed by atoms with E-state index >= 15 is 0 Å². The number of carbonyl (C=O) groups excluding carboxylic acids is 2. The smallest absolute Gasteiger partial charge is 0.229 e. The van der Waals surface area contributed by atoms with E-state index in [9.17, 15) is 9.59 Å². The van der Waals surface area contributed by atoms with E-state index in [1.54, 1.807) is 6.20 Å². The third-order valence-electron chi connectivity index (χ3n) is 5.90. The average Bonchev–Trinajstić information content (AvgIpc) is 3.18. The van der Waals surface area contributed by atoms with E-state index in [4.69, 9.17) is 0 Å². The SMILES string of the molecule is CC(C)(C)C(=O)N1CC(c2ccc(NC(=O)C3CCN(c4cccnn4)C3)cc2)C1. The summed E-state index contributed by atoms with van der Waals surface area (Å²) in [5.74, 6) is 1.37. The molecule has 4 rings (SSSR count). The molecule has 3 heterocycles. The van der Waals surface area contributed by atoms with Crippen LogP contribution in [0, 0.1) is 11.3 Å². The zero-order valence-corrected chi connectivity index (χ0v) is 17.8. The maximum atomic E-state index is 12.7. The van der Waals surface area contributed by atoms with E-state index in [-0.39, 0.29) is 23.1 Å². The zero-order chi connectivity index (χ0) is 21.3. The molecule has 1 atom stereocenters. The van der Waals surface area contributed by atoms with Crippen molar-refractivity contribution in [2.24, 2.45) is 11.3 Å². The van der Waals surface area contributed by atoms with Crippen LogP contribution in [-0.2, 0) is 9.59 Å². The van der Waals surface area contributed by atoms with Crippen molar-refractivity contribution in [1.29, 1.82) is 0 Å². The van der Waals surface area contributed by atoms with Gasteiger partial charge in [-0.3, -0.25) is 9.59 Å².